The number of fused-ring (bicyclic) bond motifs is 2. The molecular weight excluding hydrogens is 367 g/mol. The largest absolute Gasteiger partial charge is 0.351 e. The van der Waals surface area contributed by atoms with Crippen LogP contribution in [0.5, 0.6) is 0 Å². The van der Waals surface area contributed by atoms with Crippen molar-refractivity contribution in [3.05, 3.63) is 53.8 Å². The molecule has 2 aliphatic rings. The molecule has 3 heterocycles. The van der Waals surface area contributed by atoms with Crippen molar-refractivity contribution in [3.63, 3.8) is 0 Å². The molecule has 0 bridgehead atoms. The van der Waals surface area contributed by atoms with Crippen LogP contribution in [0.3, 0.4) is 0 Å². The molecular formula is C22H25FN6. The molecule has 7 heteroatoms. The normalized spacial score (nSPS) is 18.7. The molecule has 0 aliphatic heterocycles. The van der Waals surface area contributed by atoms with E-state index in [-0.39, 0.29) is 6.54 Å². The number of nitrogens with zero attached hydrogens (tertiary/aromatic N) is 5. The van der Waals surface area contributed by atoms with Crippen LogP contribution < -0.4 is 5.32 Å². The summed E-state index contributed by atoms with van der Waals surface area (Å²) in [6, 6.07) is 3.87. The van der Waals surface area contributed by atoms with Gasteiger partial charge in [0, 0.05) is 29.6 Å². The number of alkyl halides is 1. The van der Waals surface area contributed by atoms with Crippen LogP contribution in [0.15, 0.2) is 36.8 Å². The van der Waals surface area contributed by atoms with E-state index in [1.807, 2.05) is 24.5 Å². The van der Waals surface area contributed by atoms with E-state index in [4.69, 9.17) is 9.97 Å². The second-order valence-corrected chi connectivity index (χ2v) is 8.08. The fourth-order valence-electron chi connectivity index (χ4n) is 4.35. The number of hydrogen-bond donors (Lipinski definition) is 1. The number of rotatable bonds is 4. The monoisotopic (exact) mass is 392 g/mol. The number of hydrogen-bond acceptors (Lipinski definition) is 5. The van der Waals surface area contributed by atoms with E-state index in [9.17, 15) is 4.39 Å². The van der Waals surface area contributed by atoms with E-state index in [1.54, 1.807) is 10.7 Å². The van der Waals surface area contributed by atoms with Gasteiger partial charge in [0.1, 0.15) is 5.67 Å². The summed E-state index contributed by atoms with van der Waals surface area (Å²) in [5, 5.41) is 7.37. The molecule has 0 spiro atoms. The molecule has 3 aromatic rings. The van der Waals surface area contributed by atoms with E-state index in [0.29, 0.717) is 18.8 Å². The lowest BCUT2D eigenvalue weighted by atomic mass is 9.86. The van der Waals surface area contributed by atoms with Gasteiger partial charge in [0.25, 0.3) is 0 Å². The Hall–Kier alpha value is -2.83. The number of nitrogens with one attached hydrogen (secondary N) is 1. The zero-order valence-electron chi connectivity index (χ0n) is 16.4. The number of aryl methyl sites for hydroxylation is 1. The first kappa shape index (κ1) is 18.2. The highest BCUT2D eigenvalue weighted by Gasteiger charge is 2.31. The lowest BCUT2D eigenvalue weighted by Gasteiger charge is -2.29. The molecule has 0 aromatic carbocycles. The van der Waals surface area contributed by atoms with Gasteiger partial charge in [-0.1, -0.05) is 25.3 Å². The average Bonchev–Trinajstić information content (AvgIpc) is 3.11. The molecule has 150 valence electrons. The maximum absolute atomic E-state index is 14.9. The molecule has 1 saturated carbocycles. The average molecular weight is 392 g/mol. The summed E-state index contributed by atoms with van der Waals surface area (Å²) < 4.78 is 16.7. The minimum absolute atomic E-state index is 0.286. The quantitative estimate of drug-likeness (QED) is 0.714. The van der Waals surface area contributed by atoms with Gasteiger partial charge in [-0.3, -0.25) is 0 Å². The topological polar surface area (TPSA) is 68.0 Å². The Morgan fingerprint density at radius 1 is 1.10 bits per heavy atom. The van der Waals surface area contributed by atoms with Crippen molar-refractivity contribution in [2.24, 2.45) is 0 Å². The van der Waals surface area contributed by atoms with Gasteiger partial charge in [0.15, 0.2) is 5.65 Å². The predicted octanol–water partition coefficient (Wildman–Crippen LogP) is 4.37. The number of anilines is 1. The van der Waals surface area contributed by atoms with Crippen molar-refractivity contribution in [1.82, 2.24) is 24.6 Å². The molecule has 5 rings (SSSR count). The summed E-state index contributed by atoms with van der Waals surface area (Å²) in [5.41, 5.74) is 3.64. The van der Waals surface area contributed by atoms with Crippen LogP contribution in [0.25, 0.3) is 11.2 Å². The van der Waals surface area contributed by atoms with E-state index >= 15 is 0 Å². The minimum atomic E-state index is -1.13. The Bertz CT molecular complexity index is 1050. The molecule has 3 aromatic heterocycles. The van der Waals surface area contributed by atoms with Crippen LogP contribution in [0, 0.1) is 0 Å². The van der Waals surface area contributed by atoms with E-state index < -0.39 is 5.67 Å². The lowest BCUT2D eigenvalue weighted by molar-refractivity contribution is 0.122. The Morgan fingerprint density at radius 3 is 2.90 bits per heavy atom. The van der Waals surface area contributed by atoms with Crippen LogP contribution >= 0.6 is 0 Å². The number of aromatic nitrogens is 5. The molecule has 0 radical (unpaired) electrons. The van der Waals surface area contributed by atoms with Gasteiger partial charge >= 0.3 is 0 Å². The number of halogens is 1. The molecule has 0 saturated heterocycles. The zero-order valence-corrected chi connectivity index (χ0v) is 16.4. The Morgan fingerprint density at radius 2 is 2.00 bits per heavy atom. The van der Waals surface area contributed by atoms with Crippen molar-refractivity contribution in [1.29, 1.82) is 0 Å². The van der Waals surface area contributed by atoms with Crippen molar-refractivity contribution in [3.8, 4) is 0 Å². The molecule has 1 N–H and O–H groups in total. The van der Waals surface area contributed by atoms with Crippen LogP contribution in [-0.4, -0.2) is 36.8 Å². The fraction of sp³-hybridized carbons (Fsp3) is 0.455. The lowest BCUT2D eigenvalue weighted by Crippen LogP contribution is -2.34. The molecule has 0 unspecified atom stereocenters. The Labute approximate surface area is 169 Å². The summed E-state index contributed by atoms with van der Waals surface area (Å²) in [4.78, 5) is 14.0. The van der Waals surface area contributed by atoms with Crippen molar-refractivity contribution < 1.29 is 4.39 Å². The van der Waals surface area contributed by atoms with E-state index in [2.05, 4.69) is 21.5 Å². The van der Waals surface area contributed by atoms with Crippen molar-refractivity contribution >= 4 is 17.2 Å². The maximum Gasteiger partial charge on any atom is 0.222 e. The standard InChI is InChI=1S/C22H25FN6/c23-22(10-4-1-5-11-22)15-25-21-24-14-17-16(6-2-3-7-18(17)28-21)19-9-13-29-20(27-19)8-12-26-29/h6,8-9,12-14H,1-5,7,10-11,15H2,(H,24,25,28). The van der Waals surface area contributed by atoms with Gasteiger partial charge in [-0.05, 0) is 38.2 Å². The molecule has 6 nitrogen and oxygen atoms in total. The van der Waals surface area contributed by atoms with Gasteiger partial charge in [-0.2, -0.15) is 5.10 Å². The first-order chi connectivity index (χ1) is 14.2. The SMILES string of the molecule is FC1(CNc2ncc3c(n2)CCCC=C3c2ccn3nccc3n2)CCCCC1. The maximum atomic E-state index is 14.9. The van der Waals surface area contributed by atoms with Gasteiger partial charge in [-0.15, -0.1) is 0 Å². The highest BCUT2D eigenvalue weighted by Crippen LogP contribution is 2.32. The van der Waals surface area contributed by atoms with Crippen LogP contribution in [0.4, 0.5) is 10.3 Å². The van der Waals surface area contributed by atoms with Gasteiger partial charge in [0.05, 0.1) is 24.1 Å². The Kier molecular flexibility index (Phi) is 4.73. The zero-order chi connectivity index (χ0) is 19.7. The van der Waals surface area contributed by atoms with Gasteiger partial charge < -0.3 is 5.32 Å². The summed E-state index contributed by atoms with van der Waals surface area (Å²) in [6.07, 6.45) is 14.9. The third kappa shape index (κ3) is 3.73. The Balaban J connectivity index is 1.41. The second kappa shape index (κ2) is 7.54. The van der Waals surface area contributed by atoms with Gasteiger partial charge in [0.2, 0.25) is 5.95 Å². The first-order valence-electron chi connectivity index (χ1n) is 10.5. The molecule has 0 amide bonds. The van der Waals surface area contributed by atoms with Crippen LogP contribution in [-0.2, 0) is 6.42 Å². The third-order valence-corrected chi connectivity index (χ3v) is 5.97. The van der Waals surface area contributed by atoms with Crippen molar-refractivity contribution in [2.45, 2.75) is 57.0 Å². The molecule has 29 heavy (non-hydrogen) atoms. The first-order valence-corrected chi connectivity index (χ1v) is 10.5. The predicted molar refractivity (Wildman–Crippen MR) is 110 cm³/mol. The molecule has 1 fully saturated rings. The molecule has 0 atom stereocenters. The summed E-state index contributed by atoms with van der Waals surface area (Å²) in [6.45, 7) is 0.286. The second-order valence-electron chi connectivity index (χ2n) is 8.08. The van der Waals surface area contributed by atoms with Crippen LogP contribution in [0.1, 0.15) is 61.9 Å². The number of allylic oxidation sites excluding steroid dienone is 1. The highest BCUT2D eigenvalue weighted by atomic mass is 19.1. The van der Waals surface area contributed by atoms with E-state index in [1.165, 1.54) is 0 Å². The fourth-order valence-corrected chi connectivity index (χ4v) is 4.35. The third-order valence-electron chi connectivity index (χ3n) is 5.97. The minimum Gasteiger partial charge on any atom is -0.351 e. The smallest absolute Gasteiger partial charge is 0.222 e. The van der Waals surface area contributed by atoms with Crippen molar-refractivity contribution in [2.75, 3.05) is 11.9 Å². The van der Waals surface area contributed by atoms with E-state index in [0.717, 1.165) is 66.7 Å². The highest BCUT2D eigenvalue weighted by molar-refractivity contribution is 5.79. The summed E-state index contributed by atoms with van der Waals surface area (Å²) in [7, 11) is 0. The van der Waals surface area contributed by atoms with Crippen LogP contribution in [0.2, 0.25) is 0 Å². The van der Waals surface area contributed by atoms with Gasteiger partial charge in [-0.25, -0.2) is 23.9 Å². The summed E-state index contributed by atoms with van der Waals surface area (Å²) in [5.74, 6) is 0.520. The summed E-state index contributed by atoms with van der Waals surface area (Å²) >= 11 is 0. The molecule has 2 aliphatic carbocycles.